The van der Waals surface area contributed by atoms with Gasteiger partial charge in [0.05, 0.1) is 22.8 Å². The smallest absolute Gasteiger partial charge is 0.255 e. The number of nitrogens with one attached hydrogen (secondary N) is 1. The molecule has 4 heterocycles. The van der Waals surface area contributed by atoms with E-state index in [4.69, 9.17) is 9.62 Å². The molecule has 0 fully saturated rings. The van der Waals surface area contributed by atoms with E-state index in [1.165, 1.54) is 5.56 Å². The largest absolute Gasteiger partial charge is 0.344 e. The second-order valence-corrected chi connectivity index (χ2v) is 7.33. The van der Waals surface area contributed by atoms with Gasteiger partial charge in [-0.3, -0.25) is 4.79 Å². The number of hydrogen-bond donors (Lipinski definition) is 1. The van der Waals surface area contributed by atoms with Crippen LogP contribution < -0.4 is 5.32 Å². The van der Waals surface area contributed by atoms with Crippen LogP contribution in [0.5, 0.6) is 0 Å². The van der Waals surface area contributed by atoms with Crippen molar-refractivity contribution in [3.8, 4) is 11.4 Å². The SMILES string of the molecule is CCc1nc(-c2ccc3c(c2)CC2c4nn5ccccc5c4C(=O)N[C@@H]32)no1. The summed E-state index contributed by atoms with van der Waals surface area (Å²) in [6.07, 6.45) is 3.42. The standard InChI is InChI=1S/C21H17N5O2/c1-2-16-22-20(25-28-16)11-6-7-13-12(9-11)10-14-18(13)23-21(27)17-15-5-3-4-8-26(15)24-19(14)17/h3-9,14,18H,2,10H2,1H3,(H,23,27)/t14?,18-/m0/s1. The van der Waals surface area contributed by atoms with Crippen LogP contribution in [0.3, 0.4) is 0 Å². The lowest BCUT2D eigenvalue weighted by Gasteiger charge is -2.26. The summed E-state index contributed by atoms with van der Waals surface area (Å²) in [5, 5.41) is 12.0. The van der Waals surface area contributed by atoms with Crippen molar-refractivity contribution < 1.29 is 9.32 Å². The van der Waals surface area contributed by atoms with Gasteiger partial charge in [0.1, 0.15) is 0 Å². The first-order valence-electron chi connectivity index (χ1n) is 9.47. The van der Waals surface area contributed by atoms with E-state index in [-0.39, 0.29) is 17.9 Å². The number of benzene rings is 1. The van der Waals surface area contributed by atoms with Crippen molar-refractivity contribution >= 4 is 11.4 Å². The Morgan fingerprint density at radius 1 is 1.29 bits per heavy atom. The molecular formula is C21H17N5O2. The van der Waals surface area contributed by atoms with Crippen LogP contribution in [-0.2, 0) is 12.8 Å². The third-order valence-electron chi connectivity index (χ3n) is 5.78. The molecule has 0 radical (unpaired) electrons. The van der Waals surface area contributed by atoms with Crippen LogP contribution in [0.4, 0.5) is 0 Å². The zero-order valence-electron chi connectivity index (χ0n) is 15.2. The van der Waals surface area contributed by atoms with Gasteiger partial charge in [-0.1, -0.05) is 30.3 Å². The maximum Gasteiger partial charge on any atom is 0.255 e. The van der Waals surface area contributed by atoms with Crippen molar-refractivity contribution in [2.75, 3.05) is 0 Å². The third kappa shape index (κ3) is 2.04. The first-order chi connectivity index (χ1) is 13.7. The number of carbonyl (C=O) groups is 1. The van der Waals surface area contributed by atoms with Crippen molar-refractivity contribution in [3.63, 3.8) is 0 Å². The number of aromatic nitrogens is 4. The molecule has 3 aromatic heterocycles. The van der Waals surface area contributed by atoms with Crippen LogP contribution in [0, 0.1) is 0 Å². The number of amides is 1. The molecule has 0 bridgehead atoms. The van der Waals surface area contributed by atoms with Crippen molar-refractivity contribution in [2.24, 2.45) is 0 Å². The molecule has 2 atom stereocenters. The molecule has 1 aliphatic carbocycles. The first-order valence-corrected chi connectivity index (χ1v) is 9.47. The summed E-state index contributed by atoms with van der Waals surface area (Å²) >= 11 is 0. The van der Waals surface area contributed by atoms with Crippen LogP contribution in [0.1, 0.15) is 52.0 Å². The van der Waals surface area contributed by atoms with E-state index >= 15 is 0 Å². The number of carbonyl (C=O) groups excluding carboxylic acids is 1. The van der Waals surface area contributed by atoms with E-state index in [1.54, 1.807) is 4.52 Å². The van der Waals surface area contributed by atoms with Crippen LogP contribution in [0.25, 0.3) is 16.9 Å². The number of hydrogen-bond acceptors (Lipinski definition) is 5. The number of nitrogens with zero attached hydrogens (tertiary/aromatic N) is 4. The summed E-state index contributed by atoms with van der Waals surface area (Å²) in [6.45, 7) is 1.99. The van der Waals surface area contributed by atoms with Gasteiger partial charge in [0.2, 0.25) is 11.7 Å². The lowest BCUT2D eigenvalue weighted by molar-refractivity contribution is 0.0919. The summed E-state index contributed by atoms with van der Waals surface area (Å²) in [5.74, 6) is 1.31. The Morgan fingerprint density at radius 3 is 3.07 bits per heavy atom. The summed E-state index contributed by atoms with van der Waals surface area (Å²) < 4.78 is 7.04. The summed E-state index contributed by atoms with van der Waals surface area (Å²) in [6, 6.07) is 11.9. The fourth-order valence-corrected chi connectivity index (χ4v) is 4.47. The molecule has 4 aromatic rings. The fourth-order valence-electron chi connectivity index (χ4n) is 4.47. The topological polar surface area (TPSA) is 85.3 Å². The Labute approximate surface area is 160 Å². The molecule has 0 saturated heterocycles. The Balaban J connectivity index is 1.44. The van der Waals surface area contributed by atoms with Crippen LogP contribution in [0.15, 0.2) is 47.1 Å². The highest BCUT2D eigenvalue weighted by Gasteiger charge is 2.43. The normalized spacial score (nSPS) is 20.0. The van der Waals surface area contributed by atoms with Crippen LogP contribution >= 0.6 is 0 Å². The zero-order chi connectivity index (χ0) is 18.8. The van der Waals surface area contributed by atoms with Crippen molar-refractivity contribution in [3.05, 3.63) is 70.9 Å². The quantitative estimate of drug-likeness (QED) is 0.585. The van der Waals surface area contributed by atoms with Gasteiger partial charge in [-0.25, -0.2) is 4.52 Å². The van der Waals surface area contributed by atoms with E-state index in [0.717, 1.165) is 28.8 Å². The van der Waals surface area contributed by atoms with E-state index in [2.05, 4.69) is 27.6 Å². The number of aryl methyl sites for hydroxylation is 1. The lowest BCUT2D eigenvalue weighted by Crippen LogP contribution is -2.36. The summed E-state index contributed by atoms with van der Waals surface area (Å²) in [5.41, 5.74) is 5.70. The van der Waals surface area contributed by atoms with E-state index in [0.29, 0.717) is 23.7 Å². The highest BCUT2D eigenvalue weighted by atomic mass is 16.5. The predicted octanol–water partition coefficient (Wildman–Crippen LogP) is 3.07. The van der Waals surface area contributed by atoms with Gasteiger partial charge < -0.3 is 9.84 Å². The number of rotatable bonds is 2. The molecule has 1 amide bonds. The molecule has 1 unspecified atom stereocenters. The minimum absolute atomic E-state index is 0.0505. The van der Waals surface area contributed by atoms with Gasteiger partial charge in [-0.2, -0.15) is 10.1 Å². The molecule has 138 valence electrons. The van der Waals surface area contributed by atoms with Gasteiger partial charge in [-0.15, -0.1) is 0 Å². The van der Waals surface area contributed by atoms with E-state index in [1.807, 2.05) is 37.4 Å². The molecule has 0 spiro atoms. The third-order valence-corrected chi connectivity index (χ3v) is 5.78. The Hall–Kier alpha value is -3.48. The average molecular weight is 371 g/mol. The molecule has 6 rings (SSSR count). The average Bonchev–Trinajstić information content (AvgIpc) is 3.42. The maximum atomic E-state index is 12.8. The zero-order valence-corrected chi connectivity index (χ0v) is 15.2. The van der Waals surface area contributed by atoms with E-state index < -0.39 is 0 Å². The molecule has 0 saturated carbocycles. The van der Waals surface area contributed by atoms with Crippen molar-refractivity contribution in [2.45, 2.75) is 31.7 Å². The predicted molar refractivity (Wildman–Crippen MR) is 101 cm³/mol. The molecule has 1 aliphatic heterocycles. The number of fused-ring (bicyclic) bond motifs is 7. The van der Waals surface area contributed by atoms with Gasteiger partial charge in [0.25, 0.3) is 5.91 Å². The summed E-state index contributed by atoms with van der Waals surface area (Å²) in [7, 11) is 0. The molecule has 1 N–H and O–H groups in total. The molecule has 28 heavy (non-hydrogen) atoms. The van der Waals surface area contributed by atoms with E-state index in [9.17, 15) is 4.79 Å². The molecular weight excluding hydrogens is 354 g/mol. The molecule has 7 heteroatoms. The first kappa shape index (κ1) is 15.6. The molecule has 7 nitrogen and oxygen atoms in total. The van der Waals surface area contributed by atoms with Gasteiger partial charge >= 0.3 is 0 Å². The highest BCUT2D eigenvalue weighted by molar-refractivity contribution is 6.03. The second kappa shape index (κ2) is 5.51. The van der Waals surface area contributed by atoms with Gasteiger partial charge in [-0.05, 0) is 35.7 Å². The van der Waals surface area contributed by atoms with Gasteiger partial charge in [0, 0.05) is 24.1 Å². The lowest BCUT2D eigenvalue weighted by atomic mass is 9.89. The summed E-state index contributed by atoms with van der Waals surface area (Å²) in [4.78, 5) is 17.3. The van der Waals surface area contributed by atoms with Crippen LogP contribution in [-0.4, -0.2) is 25.7 Å². The van der Waals surface area contributed by atoms with Crippen molar-refractivity contribution in [1.82, 2.24) is 25.1 Å². The number of pyridine rings is 1. The Bertz CT molecular complexity index is 1250. The maximum absolute atomic E-state index is 12.8. The molecule has 2 aliphatic rings. The fraction of sp³-hybridized carbons (Fsp3) is 0.238. The van der Waals surface area contributed by atoms with Crippen molar-refractivity contribution in [1.29, 1.82) is 0 Å². The van der Waals surface area contributed by atoms with Gasteiger partial charge in [0.15, 0.2) is 0 Å². The Morgan fingerprint density at radius 2 is 2.21 bits per heavy atom. The minimum Gasteiger partial charge on any atom is -0.344 e. The molecule has 1 aromatic carbocycles. The second-order valence-electron chi connectivity index (χ2n) is 7.33. The Kier molecular flexibility index (Phi) is 3.06. The highest BCUT2D eigenvalue weighted by Crippen LogP contribution is 2.46. The monoisotopic (exact) mass is 371 g/mol. The van der Waals surface area contributed by atoms with Crippen LogP contribution in [0.2, 0.25) is 0 Å². The minimum atomic E-state index is -0.0554.